The number of hydrogen-bond donors (Lipinski definition) is 0. The highest BCUT2D eigenvalue weighted by Gasteiger charge is 2.09. The first kappa shape index (κ1) is 21.7. The van der Waals surface area contributed by atoms with Crippen molar-refractivity contribution in [2.75, 3.05) is 0 Å². The minimum atomic E-state index is -0.518. The van der Waals surface area contributed by atoms with Crippen molar-refractivity contribution in [1.29, 1.82) is 0 Å². The van der Waals surface area contributed by atoms with Crippen molar-refractivity contribution in [1.82, 2.24) is 0 Å². The van der Waals surface area contributed by atoms with Crippen LogP contribution in [0.25, 0.3) is 12.2 Å². The van der Waals surface area contributed by atoms with Crippen LogP contribution in [0.2, 0.25) is 0 Å². The molecule has 0 bridgehead atoms. The van der Waals surface area contributed by atoms with Gasteiger partial charge in [0.05, 0.1) is 0 Å². The van der Waals surface area contributed by atoms with E-state index >= 15 is 0 Å². The molecule has 0 fully saturated rings. The quantitative estimate of drug-likeness (QED) is 0.264. The molecule has 0 aromatic heterocycles. The van der Waals surface area contributed by atoms with Gasteiger partial charge in [-0.25, -0.2) is 8.78 Å². The SMILES string of the molecule is C/C=C/CCc1cc(F)c(C=Cc2ccc(C[C@@H](C)c3ccccc3)cc2)c(F)c1. The molecule has 0 aliphatic carbocycles. The van der Waals surface area contributed by atoms with Crippen molar-refractivity contribution in [2.45, 2.75) is 39.0 Å². The van der Waals surface area contributed by atoms with Gasteiger partial charge in [0, 0.05) is 5.56 Å². The molecule has 0 aliphatic heterocycles. The summed E-state index contributed by atoms with van der Waals surface area (Å²) in [4.78, 5) is 0. The van der Waals surface area contributed by atoms with Crippen molar-refractivity contribution in [2.24, 2.45) is 0 Å². The average molecular weight is 403 g/mol. The first-order valence-electron chi connectivity index (χ1n) is 10.5. The zero-order chi connectivity index (χ0) is 21.3. The van der Waals surface area contributed by atoms with E-state index in [1.165, 1.54) is 29.3 Å². The Labute approximate surface area is 178 Å². The van der Waals surface area contributed by atoms with Crippen molar-refractivity contribution < 1.29 is 8.78 Å². The standard InChI is InChI=1S/C28H28F2/c1-3-4-6-9-24-19-27(29)26(28(30)20-24)17-16-22-12-14-23(15-13-22)18-21(2)25-10-7-5-8-11-25/h3-5,7-8,10-17,19-21H,6,9,18H2,1-2H3/b4-3+,17-16?/t21-/m1/s1. The van der Waals surface area contributed by atoms with Crippen LogP contribution in [-0.4, -0.2) is 0 Å². The van der Waals surface area contributed by atoms with Crippen molar-refractivity contribution in [3.63, 3.8) is 0 Å². The molecule has 30 heavy (non-hydrogen) atoms. The van der Waals surface area contributed by atoms with E-state index in [-0.39, 0.29) is 5.56 Å². The molecule has 3 aromatic rings. The third kappa shape index (κ3) is 6.00. The van der Waals surface area contributed by atoms with Crippen molar-refractivity contribution in [3.05, 3.63) is 118 Å². The lowest BCUT2D eigenvalue weighted by atomic mass is 9.93. The maximum Gasteiger partial charge on any atom is 0.133 e. The lowest BCUT2D eigenvalue weighted by Gasteiger charge is -2.12. The molecule has 0 amide bonds. The van der Waals surface area contributed by atoms with Gasteiger partial charge in [0.15, 0.2) is 0 Å². The summed E-state index contributed by atoms with van der Waals surface area (Å²) >= 11 is 0. The summed E-state index contributed by atoms with van der Waals surface area (Å²) in [7, 11) is 0. The van der Waals surface area contributed by atoms with E-state index in [2.05, 4.69) is 43.3 Å². The summed E-state index contributed by atoms with van der Waals surface area (Å²) in [6.45, 7) is 4.16. The Kier molecular flexibility index (Phi) is 7.73. The fraction of sp³-hybridized carbons (Fsp3) is 0.214. The third-order valence-electron chi connectivity index (χ3n) is 5.31. The Balaban J connectivity index is 1.66. The van der Waals surface area contributed by atoms with Gasteiger partial charge in [0.2, 0.25) is 0 Å². The second-order valence-corrected chi connectivity index (χ2v) is 7.67. The average Bonchev–Trinajstić information content (AvgIpc) is 2.75. The van der Waals surface area contributed by atoms with E-state index in [0.717, 1.165) is 18.4 Å². The number of benzene rings is 3. The number of hydrogen-bond acceptors (Lipinski definition) is 0. The molecule has 0 N–H and O–H groups in total. The molecule has 0 nitrogen and oxygen atoms in total. The van der Waals surface area contributed by atoms with E-state index in [1.807, 2.05) is 37.3 Å². The molecule has 0 saturated carbocycles. The van der Waals surface area contributed by atoms with Crippen LogP contribution in [0.3, 0.4) is 0 Å². The van der Waals surface area contributed by atoms with E-state index in [4.69, 9.17) is 0 Å². The van der Waals surface area contributed by atoms with Gasteiger partial charge in [-0.1, -0.05) is 79.7 Å². The van der Waals surface area contributed by atoms with E-state index < -0.39 is 11.6 Å². The van der Waals surface area contributed by atoms with Crippen molar-refractivity contribution in [3.8, 4) is 0 Å². The molecule has 0 unspecified atom stereocenters. The normalized spacial score (nSPS) is 12.7. The summed E-state index contributed by atoms with van der Waals surface area (Å²) in [5.41, 5.74) is 4.17. The van der Waals surface area contributed by atoms with Gasteiger partial charge in [0.25, 0.3) is 0 Å². The highest BCUT2D eigenvalue weighted by atomic mass is 19.1. The van der Waals surface area contributed by atoms with Crippen LogP contribution in [0.5, 0.6) is 0 Å². The molecule has 0 saturated heterocycles. The Morgan fingerprint density at radius 1 is 0.833 bits per heavy atom. The Bertz CT molecular complexity index is 976. The van der Waals surface area contributed by atoms with Crippen LogP contribution in [0.4, 0.5) is 8.78 Å². The van der Waals surface area contributed by atoms with Gasteiger partial charge in [-0.3, -0.25) is 0 Å². The zero-order valence-electron chi connectivity index (χ0n) is 17.6. The maximum absolute atomic E-state index is 14.4. The number of rotatable bonds is 8. The van der Waals surface area contributed by atoms with Crippen LogP contribution < -0.4 is 0 Å². The molecule has 2 heteroatoms. The predicted molar refractivity (Wildman–Crippen MR) is 123 cm³/mol. The Hall–Kier alpha value is -3.00. The first-order chi connectivity index (χ1) is 14.6. The number of aryl methyl sites for hydroxylation is 1. The van der Waals surface area contributed by atoms with Crippen LogP contribution in [0, 0.1) is 11.6 Å². The number of halogens is 2. The summed E-state index contributed by atoms with van der Waals surface area (Å²) in [5, 5.41) is 0. The minimum Gasteiger partial charge on any atom is -0.206 e. The van der Waals surface area contributed by atoms with E-state index in [1.54, 1.807) is 6.08 Å². The van der Waals surface area contributed by atoms with Gasteiger partial charge in [-0.2, -0.15) is 0 Å². The molecular formula is C28H28F2. The highest BCUT2D eigenvalue weighted by Crippen LogP contribution is 2.22. The molecule has 1 atom stereocenters. The van der Waals surface area contributed by atoms with Crippen LogP contribution in [0.15, 0.2) is 78.9 Å². The predicted octanol–water partition coefficient (Wildman–Crippen LogP) is 7.99. The lowest BCUT2D eigenvalue weighted by Crippen LogP contribution is -1.98. The molecule has 0 aliphatic rings. The van der Waals surface area contributed by atoms with Gasteiger partial charge in [-0.15, -0.1) is 0 Å². The third-order valence-corrected chi connectivity index (χ3v) is 5.31. The van der Waals surface area contributed by atoms with Crippen LogP contribution in [-0.2, 0) is 12.8 Å². The van der Waals surface area contributed by atoms with Crippen LogP contribution >= 0.6 is 0 Å². The van der Waals surface area contributed by atoms with Crippen molar-refractivity contribution >= 4 is 12.2 Å². The molecule has 0 heterocycles. The zero-order valence-corrected chi connectivity index (χ0v) is 17.6. The summed E-state index contributed by atoms with van der Waals surface area (Å²) in [6.07, 6.45) is 9.56. The minimum absolute atomic E-state index is 0.00607. The monoisotopic (exact) mass is 402 g/mol. The maximum atomic E-state index is 14.4. The second-order valence-electron chi connectivity index (χ2n) is 7.67. The smallest absolute Gasteiger partial charge is 0.133 e. The number of allylic oxidation sites excluding steroid dienone is 2. The molecule has 3 rings (SSSR count). The van der Waals surface area contributed by atoms with E-state index in [0.29, 0.717) is 17.9 Å². The lowest BCUT2D eigenvalue weighted by molar-refractivity contribution is 0.575. The van der Waals surface area contributed by atoms with Gasteiger partial charge >= 0.3 is 0 Å². The highest BCUT2D eigenvalue weighted by molar-refractivity contribution is 5.70. The van der Waals surface area contributed by atoms with Gasteiger partial charge in [0.1, 0.15) is 11.6 Å². The fourth-order valence-electron chi connectivity index (χ4n) is 3.55. The van der Waals surface area contributed by atoms with Gasteiger partial charge < -0.3 is 0 Å². The largest absolute Gasteiger partial charge is 0.206 e. The van der Waals surface area contributed by atoms with Gasteiger partial charge in [-0.05, 0) is 72.6 Å². The Morgan fingerprint density at radius 2 is 1.50 bits per heavy atom. The summed E-state index contributed by atoms with van der Waals surface area (Å²) in [5.74, 6) is -0.604. The first-order valence-corrected chi connectivity index (χ1v) is 10.5. The summed E-state index contributed by atoms with van der Waals surface area (Å²) < 4.78 is 28.8. The molecule has 0 spiro atoms. The molecule has 3 aromatic carbocycles. The second kappa shape index (κ2) is 10.7. The summed E-state index contributed by atoms with van der Waals surface area (Å²) in [6, 6.07) is 21.5. The van der Waals surface area contributed by atoms with Crippen LogP contribution in [0.1, 0.15) is 54.0 Å². The Morgan fingerprint density at radius 3 is 2.13 bits per heavy atom. The molecular weight excluding hydrogens is 374 g/mol. The molecule has 154 valence electrons. The topological polar surface area (TPSA) is 0 Å². The fourth-order valence-corrected chi connectivity index (χ4v) is 3.55. The molecule has 0 radical (unpaired) electrons. The van der Waals surface area contributed by atoms with E-state index in [9.17, 15) is 8.78 Å².